The zero-order valence-corrected chi connectivity index (χ0v) is 10.4. The maximum absolute atomic E-state index is 13.1. The van der Waals surface area contributed by atoms with Gasteiger partial charge in [-0.05, 0) is 24.0 Å². The molecule has 16 heavy (non-hydrogen) atoms. The topological polar surface area (TPSA) is 17.1 Å². The molecular weight excluding hydrogens is 227 g/mol. The van der Waals surface area contributed by atoms with E-state index in [0.717, 1.165) is 0 Å². The van der Waals surface area contributed by atoms with E-state index in [-0.39, 0.29) is 10.8 Å². The third-order valence-electron chi connectivity index (χ3n) is 2.34. The molecule has 0 saturated carbocycles. The molecule has 0 bridgehead atoms. The first-order valence-corrected chi connectivity index (χ1v) is 5.83. The molecule has 1 rings (SSSR count). The van der Waals surface area contributed by atoms with Crippen LogP contribution in [0.3, 0.4) is 0 Å². The lowest BCUT2D eigenvalue weighted by atomic mass is 10.0. The van der Waals surface area contributed by atoms with Gasteiger partial charge in [-0.3, -0.25) is 4.79 Å². The van der Waals surface area contributed by atoms with Crippen LogP contribution in [0.5, 0.6) is 0 Å². The number of benzene rings is 1. The minimum atomic E-state index is -0.421. The second kappa shape index (κ2) is 6.00. The Hall–Kier alpha value is -0.890. The van der Waals surface area contributed by atoms with E-state index in [1.54, 1.807) is 12.1 Å². The minimum Gasteiger partial charge on any atom is -0.300 e. The van der Waals surface area contributed by atoms with Crippen molar-refractivity contribution in [1.82, 2.24) is 0 Å². The first-order chi connectivity index (χ1) is 7.50. The van der Waals surface area contributed by atoms with Crippen molar-refractivity contribution in [2.45, 2.75) is 33.1 Å². The number of hydrogen-bond acceptors (Lipinski definition) is 1. The van der Waals surface area contributed by atoms with Crippen LogP contribution < -0.4 is 0 Å². The molecule has 0 atom stereocenters. The normalized spacial score (nSPS) is 10.8. The van der Waals surface area contributed by atoms with E-state index in [1.165, 1.54) is 6.07 Å². The number of rotatable bonds is 5. The quantitative estimate of drug-likeness (QED) is 0.762. The van der Waals surface area contributed by atoms with Gasteiger partial charge >= 0.3 is 0 Å². The summed E-state index contributed by atoms with van der Waals surface area (Å²) in [6, 6.07) is 4.69. The second-order valence-corrected chi connectivity index (χ2v) is 4.73. The Kier molecular flexibility index (Phi) is 4.94. The van der Waals surface area contributed by atoms with Crippen molar-refractivity contribution in [1.29, 1.82) is 0 Å². The first kappa shape index (κ1) is 13.2. The molecule has 0 unspecified atom stereocenters. The molecule has 88 valence electrons. The van der Waals surface area contributed by atoms with Crippen molar-refractivity contribution < 1.29 is 9.18 Å². The minimum absolute atomic E-state index is 0.139. The van der Waals surface area contributed by atoms with Crippen LogP contribution in [0.4, 0.5) is 4.39 Å². The second-order valence-electron chi connectivity index (χ2n) is 4.35. The van der Waals surface area contributed by atoms with Crippen molar-refractivity contribution in [3.63, 3.8) is 0 Å². The summed E-state index contributed by atoms with van der Waals surface area (Å²) in [5, 5.41) is 0.139. The van der Waals surface area contributed by atoms with Gasteiger partial charge < -0.3 is 0 Å². The van der Waals surface area contributed by atoms with Crippen molar-refractivity contribution in [3.8, 4) is 0 Å². The zero-order chi connectivity index (χ0) is 12.1. The Labute approximate surface area is 101 Å². The molecule has 3 heteroatoms. The average Bonchev–Trinajstić information content (AvgIpc) is 2.19. The van der Waals surface area contributed by atoms with Gasteiger partial charge in [-0.1, -0.05) is 37.6 Å². The van der Waals surface area contributed by atoms with Crippen molar-refractivity contribution in [3.05, 3.63) is 34.6 Å². The molecule has 0 aromatic heterocycles. The summed E-state index contributed by atoms with van der Waals surface area (Å²) < 4.78 is 13.1. The monoisotopic (exact) mass is 242 g/mol. The van der Waals surface area contributed by atoms with Gasteiger partial charge in [0.1, 0.15) is 11.6 Å². The van der Waals surface area contributed by atoms with Gasteiger partial charge in [-0.25, -0.2) is 4.39 Å². The van der Waals surface area contributed by atoms with E-state index >= 15 is 0 Å². The standard InChI is InChI=1S/C13H16ClFO/c1-9(2)8-11(16)7-6-10-4-3-5-12(15)13(10)14/h3-5,9H,6-8H2,1-2H3. The number of carbonyl (C=O) groups excluding carboxylic acids is 1. The van der Waals surface area contributed by atoms with E-state index in [1.807, 2.05) is 13.8 Å². The van der Waals surface area contributed by atoms with E-state index in [4.69, 9.17) is 11.6 Å². The molecule has 0 saturated heterocycles. The Morgan fingerprint density at radius 2 is 2.12 bits per heavy atom. The van der Waals surface area contributed by atoms with E-state index in [2.05, 4.69) is 0 Å². The molecule has 0 N–H and O–H groups in total. The summed E-state index contributed by atoms with van der Waals surface area (Å²) in [6.45, 7) is 4.01. The highest BCUT2D eigenvalue weighted by Crippen LogP contribution is 2.21. The molecule has 0 fully saturated rings. The van der Waals surface area contributed by atoms with E-state index in [9.17, 15) is 9.18 Å². The van der Waals surface area contributed by atoms with Crippen molar-refractivity contribution in [2.75, 3.05) is 0 Å². The molecule has 0 amide bonds. The third kappa shape index (κ3) is 3.93. The van der Waals surface area contributed by atoms with Crippen LogP contribution in [0.15, 0.2) is 18.2 Å². The van der Waals surface area contributed by atoms with Gasteiger partial charge in [0.05, 0.1) is 5.02 Å². The third-order valence-corrected chi connectivity index (χ3v) is 2.76. The van der Waals surface area contributed by atoms with Crippen LogP contribution in [0.25, 0.3) is 0 Å². The van der Waals surface area contributed by atoms with Gasteiger partial charge in [0, 0.05) is 12.8 Å². The predicted octanol–water partition coefficient (Wildman–Crippen LogP) is 4.03. The highest BCUT2D eigenvalue weighted by atomic mass is 35.5. The molecule has 1 nitrogen and oxygen atoms in total. The fourth-order valence-corrected chi connectivity index (χ4v) is 1.79. The summed E-state index contributed by atoms with van der Waals surface area (Å²) in [5.41, 5.74) is 0.707. The van der Waals surface area contributed by atoms with Crippen LogP contribution in [0.2, 0.25) is 5.02 Å². The Balaban J connectivity index is 2.55. The maximum atomic E-state index is 13.1. The summed E-state index contributed by atoms with van der Waals surface area (Å²) in [5.74, 6) is 0.154. The molecule has 0 aliphatic carbocycles. The van der Waals surface area contributed by atoms with Crippen molar-refractivity contribution in [2.24, 2.45) is 5.92 Å². The van der Waals surface area contributed by atoms with Gasteiger partial charge in [0.25, 0.3) is 0 Å². The largest absolute Gasteiger partial charge is 0.300 e. The number of aryl methyl sites for hydroxylation is 1. The van der Waals surface area contributed by atoms with Crippen LogP contribution in [0, 0.1) is 11.7 Å². The highest BCUT2D eigenvalue weighted by molar-refractivity contribution is 6.31. The summed E-state index contributed by atoms with van der Waals surface area (Å²) in [7, 11) is 0. The summed E-state index contributed by atoms with van der Waals surface area (Å²) in [4.78, 5) is 11.5. The van der Waals surface area contributed by atoms with Gasteiger partial charge in [-0.15, -0.1) is 0 Å². The number of ketones is 1. The molecular formula is C13H16ClFO. The predicted molar refractivity (Wildman–Crippen MR) is 64.2 cm³/mol. The number of carbonyl (C=O) groups is 1. The molecule has 0 heterocycles. The van der Waals surface area contributed by atoms with Gasteiger partial charge in [-0.2, -0.15) is 0 Å². The number of halogens is 2. The average molecular weight is 243 g/mol. The van der Waals surface area contributed by atoms with E-state index < -0.39 is 5.82 Å². The molecule has 1 aromatic rings. The lowest BCUT2D eigenvalue weighted by molar-refractivity contribution is -0.119. The van der Waals surface area contributed by atoms with Crippen LogP contribution in [-0.2, 0) is 11.2 Å². The molecule has 0 aliphatic heterocycles. The lowest BCUT2D eigenvalue weighted by Gasteiger charge is -2.06. The SMILES string of the molecule is CC(C)CC(=O)CCc1cccc(F)c1Cl. The lowest BCUT2D eigenvalue weighted by Crippen LogP contribution is -2.04. The molecule has 0 spiro atoms. The van der Waals surface area contributed by atoms with Crippen molar-refractivity contribution >= 4 is 17.4 Å². The van der Waals surface area contributed by atoms with E-state index in [0.29, 0.717) is 30.7 Å². The van der Waals surface area contributed by atoms with Crippen LogP contribution >= 0.6 is 11.6 Å². The zero-order valence-electron chi connectivity index (χ0n) is 9.59. The smallest absolute Gasteiger partial charge is 0.142 e. The number of hydrogen-bond donors (Lipinski definition) is 0. The summed E-state index contributed by atoms with van der Waals surface area (Å²) in [6.07, 6.45) is 1.52. The fourth-order valence-electron chi connectivity index (χ4n) is 1.57. The first-order valence-electron chi connectivity index (χ1n) is 5.45. The summed E-state index contributed by atoms with van der Waals surface area (Å²) >= 11 is 5.80. The van der Waals surface area contributed by atoms with Crippen LogP contribution in [-0.4, -0.2) is 5.78 Å². The molecule has 1 aromatic carbocycles. The van der Waals surface area contributed by atoms with Gasteiger partial charge in [0.15, 0.2) is 0 Å². The molecule has 0 aliphatic rings. The molecule has 0 radical (unpaired) electrons. The highest BCUT2D eigenvalue weighted by Gasteiger charge is 2.09. The Morgan fingerprint density at radius 1 is 1.44 bits per heavy atom. The Bertz CT molecular complexity index is 374. The fraction of sp³-hybridized carbons (Fsp3) is 0.462. The van der Waals surface area contributed by atoms with Crippen LogP contribution in [0.1, 0.15) is 32.3 Å². The number of Topliss-reactive ketones (excluding diaryl/α,β-unsaturated/α-hetero) is 1. The van der Waals surface area contributed by atoms with Gasteiger partial charge in [0.2, 0.25) is 0 Å². The maximum Gasteiger partial charge on any atom is 0.142 e. The Morgan fingerprint density at radius 3 is 2.75 bits per heavy atom.